The van der Waals surface area contributed by atoms with E-state index in [-0.39, 0.29) is 0 Å². The smallest absolute Gasteiger partial charge is 0.120 e. The largest absolute Gasteiger partial charge is 0.497 e. The van der Waals surface area contributed by atoms with Gasteiger partial charge in [0.2, 0.25) is 0 Å². The summed E-state index contributed by atoms with van der Waals surface area (Å²) in [4.78, 5) is 0. The summed E-state index contributed by atoms with van der Waals surface area (Å²) < 4.78 is 5.27. The second-order valence-corrected chi connectivity index (χ2v) is 4.77. The van der Waals surface area contributed by atoms with Crippen LogP contribution < -0.4 is 10.1 Å². The van der Waals surface area contributed by atoms with E-state index in [1.165, 1.54) is 11.1 Å². The van der Waals surface area contributed by atoms with Gasteiger partial charge in [0.15, 0.2) is 0 Å². The van der Waals surface area contributed by atoms with Crippen molar-refractivity contribution in [2.45, 2.75) is 0 Å². The summed E-state index contributed by atoms with van der Waals surface area (Å²) in [6.07, 6.45) is 0. The summed E-state index contributed by atoms with van der Waals surface area (Å²) in [7, 11) is 1.68. The van der Waals surface area contributed by atoms with Crippen LogP contribution in [-0.4, -0.2) is 7.11 Å². The fraction of sp³-hybridized carbons (Fsp3) is 0.0526. The number of hydrogen-bond acceptors (Lipinski definition) is 2. The van der Waals surface area contributed by atoms with Crippen LogP contribution in [0.15, 0.2) is 78.9 Å². The van der Waals surface area contributed by atoms with Gasteiger partial charge < -0.3 is 10.1 Å². The summed E-state index contributed by atoms with van der Waals surface area (Å²) in [6, 6.07) is 26.6. The molecule has 0 aliphatic carbocycles. The van der Waals surface area contributed by atoms with Gasteiger partial charge in [-0.3, -0.25) is 0 Å². The molecule has 0 heterocycles. The van der Waals surface area contributed by atoms with Crippen LogP contribution in [0.25, 0.3) is 11.1 Å². The molecule has 1 N–H and O–H groups in total. The van der Waals surface area contributed by atoms with Gasteiger partial charge in [0.25, 0.3) is 0 Å². The van der Waals surface area contributed by atoms with Crippen LogP contribution in [-0.2, 0) is 0 Å². The Labute approximate surface area is 125 Å². The van der Waals surface area contributed by atoms with E-state index in [2.05, 4.69) is 47.8 Å². The average molecular weight is 275 g/mol. The number of ether oxygens (including phenoxy) is 1. The third kappa shape index (κ3) is 3.06. The van der Waals surface area contributed by atoms with E-state index in [9.17, 15) is 0 Å². The molecular weight excluding hydrogens is 258 g/mol. The van der Waals surface area contributed by atoms with Gasteiger partial charge in [0, 0.05) is 23.0 Å². The van der Waals surface area contributed by atoms with Crippen LogP contribution in [0.5, 0.6) is 5.75 Å². The summed E-state index contributed by atoms with van der Waals surface area (Å²) in [5, 5.41) is 3.47. The number of methoxy groups -OCH3 is 1. The third-order valence-corrected chi connectivity index (χ3v) is 3.36. The van der Waals surface area contributed by atoms with Crippen molar-refractivity contribution in [2.75, 3.05) is 12.4 Å². The minimum absolute atomic E-state index is 0.845. The van der Waals surface area contributed by atoms with E-state index in [1.807, 2.05) is 36.4 Å². The lowest BCUT2D eigenvalue weighted by Gasteiger charge is -2.13. The van der Waals surface area contributed by atoms with Crippen molar-refractivity contribution in [3.63, 3.8) is 0 Å². The van der Waals surface area contributed by atoms with Crippen molar-refractivity contribution in [1.82, 2.24) is 0 Å². The molecule has 0 saturated carbocycles. The molecule has 0 atom stereocenters. The Bertz CT molecular complexity index is 722. The number of hydrogen-bond donors (Lipinski definition) is 1. The second-order valence-electron chi connectivity index (χ2n) is 4.77. The Morgan fingerprint density at radius 2 is 1.52 bits per heavy atom. The number of anilines is 2. The lowest BCUT2D eigenvalue weighted by molar-refractivity contribution is 0.415. The highest BCUT2D eigenvalue weighted by atomic mass is 16.5. The molecule has 0 fully saturated rings. The van der Waals surface area contributed by atoms with Gasteiger partial charge in [-0.25, -0.2) is 0 Å². The Kier molecular flexibility index (Phi) is 3.88. The Morgan fingerprint density at radius 1 is 0.762 bits per heavy atom. The van der Waals surface area contributed by atoms with Crippen molar-refractivity contribution in [3.05, 3.63) is 78.9 Å². The van der Waals surface area contributed by atoms with Crippen LogP contribution >= 0.6 is 0 Å². The molecule has 3 rings (SSSR count). The standard InChI is InChI=1S/C19H17NO/c1-21-17-11-7-10-16(14-17)20-19-13-6-5-12-18(19)15-8-3-2-4-9-15/h2-14,20H,1H3. The Hall–Kier alpha value is -2.74. The normalized spacial score (nSPS) is 10.1. The summed E-state index contributed by atoms with van der Waals surface area (Å²) >= 11 is 0. The van der Waals surface area contributed by atoms with Crippen LogP contribution in [0.3, 0.4) is 0 Å². The van der Waals surface area contributed by atoms with Gasteiger partial charge in [0.1, 0.15) is 5.75 Å². The first-order valence-corrected chi connectivity index (χ1v) is 6.92. The molecule has 0 saturated heterocycles. The van der Waals surface area contributed by atoms with Gasteiger partial charge in [0.05, 0.1) is 7.11 Å². The molecule has 0 spiro atoms. The maximum Gasteiger partial charge on any atom is 0.120 e. The lowest BCUT2D eigenvalue weighted by atomic mass is 10.0. The number of para-hydroxylation sites is 1. The van der Waals surface area contributed by atoms with E-state index in [1.54, 1.807) is 7.11 Å². The Morgan fingerprint density at radius 3 is 2.33 bits per heavy atom. The van der Waals surface area contributed by atoms with Crippen LogP contribution in [0.4, 0.5) is 11.4 Å². The third-order valence-electron chi connectivity index (χ3n) is 3.36. The highest BCUT2D eigenvalue weighted by Crippen LogP contribution is 2.30. The Balaban J connectivity index is 1.96. The van der Waals surface area contributed by atoms with Crippen molar-refractivity contribution < 1.29 is 4.74 Å². The zero-order valence-corrected chi connectivity index (χ0v) is 11.9. The average Bonchev–Trinajstić information content (AvgIpc) is 2.56. The van der Waals surface area contributed by atoms with Gasteiger partial charge >= 0.3 is 0 Å². The molecule has 0 aromatic heterocycles. The minimum Gasteiger partial charge on any atom is -0.497 e. The summed E-state index contributed by atoms with van der Waals surface area (Å²) in [5.41, 5.74) is 4.47. The molecule has 2 heteroatoms. The first-order valence-electron chi connectivity index (χ1n) is 6.92. The first-order chi connectivity index (χ1) is 10.4. The highest BCUT2D eigenvalue weighted by Gasteiger charge is 2.04. The topological polar surface area (TPSA) is 21.3 Å². The van der Waals surface area contributed by atoms with E-state index in [0.717, 1.165) is 17.1 Å². The predicted octanol–water partition coefficient (Wildman–Crippen LogP) is 5.11. The molecule has 0 amide bonds. The molecule has 0 aliphatic rings. The first kappa shape index (κ1) is 13.3. The molecule has 0 bridgehead atoms. The minimum atomic E-state index is 0.845. The number of nitrogens with one attached hydrogen (secondary N) is 1. The van der Waals surface area contributed by atoms with Gasteiger partial charge in [-0.05, 0) is 23.8 Å². The fourth-order valence-electron chi connectivity index (χ4n) is 2.32. The van der Waals surface area contributed by atoms with E-state index < -0.39 is 0 Å². The maximum atomic E-state index is 5.27. The molecule has 3 aromatic rings. The van der Waals surface area contributed by atoms with Gasteiger partial charge in [-0.2, -0.15) is 0 Å². The van der Waals surface area contributed by atoms with Crippen LogP contribution in [0.1, 0.15) is 0 Å². The van der Waals surface area contributed by atoms with Crippen molar-refractivity contribution in [3.8, 4) is 16.9 Å². The van der Waals surface area contributed by atoms with Crippen LogP contribution in [0.2, 0.25) is 0 Å². The van der Waals surface area contributed by atoms with Crippen LogP contribution in [0, 0.1) is 0 Å². The zero-order chi connectivity index (χ0) is 14.5. The molecule has 0 unspecified atom stereocenters. The lowest BCUT2D eigenvalue weighted by Crippen LogP contribution is -1.93. The van der Waals surface area contributed by atoms with E-state index >= 15 is 0 Å². The molecule has 104 valence electrons. The fourth-order valence-corrected chi connectivity index (χ4v) is 2.32. The summed E-state index contributed by atoms with van der Waals surface area (Å²) in [5.74, 6) is 0.845. The maximum absolute atomic E-state index is 5.27. The highest BCUT2D eigenvalue weighted by molar-refractivity contribution is 5.81. The molecule has 2 nitrogen and oxygen atoms in total. The predicted molar refractivity (Wildman–Crippen MR) is 88.2 cm³/mol. The van der Waals surface area contributed by atoms with Crippen molar-refractivity contribution in [2.24, 2.45) is 0 Å². The van der Waals surface area contributed by atoms with E-state index in [0.29, 0.717) is 0 Å². The molecule has 3 aromatic carbocycles. The second kappa shape index (κ2) is 6.14. The van der Waals surface area contributed by atoms with Crippen molar-refractivity contribution >= 4 is 11.4 Å². The number of rotatable bonds is 4. The van der Waals surface area contributed by atoms with Gasteiger partial charge in [-0.1, -0.05) is 54.6 Å². The molecule has 21 heavy (non-hydrogen) atoms. The van der Waals surface area contributed by atoms with Gasteiger partial charge in [-0.15, -0.1) is 0 Å². The SMILES string of the molecule is COc1cccc(Nc2ccccc2-c2ccccc2)c1. The monoisotopic (exact) mass is 275 g/mol. The molecular formula is C19H17NO. The quantitative estimate of drug-likeness (QED) is 0.714. The number of benzene rings is 3. The van der Waals surface area contributed by atoms with Crippen molar-refractivity contribution in [1.29, 1.82) is 0 Å². The van der Waals surface area contributed by atoms with E-state index in [4.69, 9.17) is 4.74 Å². The zero-order valence-electron chi connectivity index (χ0n) is 11.9. The molecule has 0 radical (unpaired) electrons. The molecule has 0 aliphatic heterocycles. The summed E-state index contributed by atoms with van der Waals surface area (Å²) in [6.45, 7) is 0.